The van der Waals surface area contributed by atoms with Crippen LogP contribution in [0, 0.1) is 5.41 Å². The second-order valence-electron chi connectivity index (χ2n) is 4.11. The molecule has 0 spiro atoms. The summed E-state index contributed by atoms with van der Waals surface area (Å²) in [5.41, 5.74) is -0.395. The molecular weight excluding hydrogens is 303 g/mol. The summed E-state index contributed by atoms with van der Waals surface area (Å²) in [5.74, 6) is 0.0771. The number of aliphatic hydroxyl groups is 1. The third-order valence-electron chi connectivity index (χ3n) is 1.88. The first-order chi connectivity index (χ1) is 5.63. The van der Waals surface area contributed by atoms with Crippen LogP contribution in [-0.2, 0) is 9.84 Å². The van der Waals surface area contributed by atoms with Crippen LogP contribution >= 0.6 is 22.6 Å². The molecule has 2 atom stereocenters. The lowest BCUT2D eigenvalue weighted by atomic mass is 9.90. The molecule has 0 amide bonds. The van der Waals surface area contributed by atoms with Gasteiger partial charge in [-0.05, 0) is 5.41 Å². The Bertz CT molecular complexity index is 253. The van der Waals surface area contributed by atoms with E-state index in [9.17, 15) is 13.5 Å². The Hall–Kier alpha value is 0.640. The molecule has 80 valence electrons. The van der Waals surface area contributed by atoms with Crippen molar-refractivity contribution in [3.05, 3.63) is 0 Å². The molecule has 0 rings (SSSR count). The molecule has 0 fully saturated rings. The van der Waals surface area contributed by atoms with Crippen LogP contribution in [-0.4, -0.2) is 28.6 Å². The zero-order valence-electron chi connectivity index (χ0n) is 8.41. The van der Waals surface area contributed by atoms with Crippen molar-refractivity contribution in [2.45, 2.75) is 37.1 Å². The van der Waals surface area contributed by atoms with E-state index in [1.807, 2.05) is 20.8 Å². The van der Waals surface area contributed by atoms with Gasteiger partial charge < -0.3 is 5.11 Å². The molecule has 0 saturated heterocycles. The number of halogens is 1. The number of rotatable bonds is 3. The van der Waals surface area contributed by atoms with Gasteiger partial charge in [0.25, 0.3) is 0 Å². The normalized spacial score (nSPS) is 18.3. The number of sulfone groups is 1. The molecule has 13 heavy (non-hydrogen) atoms. The van der Waals surface area contributed by atoms with Crippen LogP contribution in [0.2, 0.25) is 0 Å². The van der Waals surface area contributed by atoms with E-state index in [2.05, 4.69) is 0 Å². The van der Waals surface area contributed by atoms with Gasteiger partial charge in [0, 0.05) is 5.75 Å². The number of hydrogen-bond acceptors (Lipinski definition) is 3. The Labute approximate surface area is 94.0 Å². The van der Waals surface area contributed by atoms with Crippen LogP contribution in [0.3, 0.4) is 0 Å². The standard InChI is InChI=1S/C8H17IO3S/c1-5-13(11,12)7(9)6(10)8(2,3)4/h6-7,10H,5H2,1-4H3/t6-,7+/m0/s1. The second kappa shape index (κ2) is 4.44. The highest BCUT2D eigenvalue weighted by Gasteiger charge is 2.35. The van der Waals surface area contributed by atoms with Gasteiger partial charge in [0.2, 0.25) is 0 Å². The second-order valence-corrected chi connectivity index (χ2v) is 8.71. The fourth-order valence-electron chi connectivity index (χ4n) is 0.749. The highest BCUT2D eigenvalue weighted by Crippen LogP contribution is 2.29. The molecule has 0 aliphatic heterocycles. The molecule has 0 aliphatic carbocycles. The lowest BCUT2D eigenvalue weighted by molar-refractivity contribution is 0.0789. The van der Waals surface area contributed by atoms with E-state index < -0.39 is 24.6 Å². The fraction of sp³-hybridized carbons (Fsp3) is 1.00. The van der Waals surface area contributed by atoms with Gasteiger partial charge in [0.1, 0.15) is 3.26 Å². The third-order valence-corrected chi connectivity index (χ3v) is 6.64. The first-order valence-corrected chi connectivity index (χ1v) is 7.12. The topological polar surface area (TPSA) is 54.4 Å². The molecule has 0 saturated carbocycles. The minimum Gasteiger partial charge on any atom is -0.390 e. The summed E-state index contributed by atoms with van der Waals surface area (Å²) >= 11 is 1.80. The highest BCUT2D eigenvalue weighted by atomic mass is 127. The number of hydrogen-bond donors (Lipinski definition) is 1. The molecule has 0 aromatic rings. The quantitative estimate of drug-likeness (QED) is 0.635. The fourth-order valence-corrected chi connectivity index (χ4v) is 4.03. The molecule has 3 nitrogen and oxygen atoms in total. The van der Waals surface area contributed by atoms with Crippen molar-refractivity contribution in [3.63, 3.8) is 0 Å². The van der Waals surface area contributed by atoms with Gasteiger partial charge in [-0.3, -0.25) is 0 Å². The molecule has 0 aromatic carbocycles. The van der Waals surface area contributed by atoms with Crippen molar-refractivity contribution in [1.82, 2.24) is 0 Å². The Morgan fingerprint density at radius 3 is 2.00 bits per heavy atom. The largest absolute Gasteiger partial charge is 0.390 e. The average Bonchev–Trinajstić information content (AvgIpc) is 2.00. The Balaban J connectivity index is 4.73. The summed E-state index contributed by atoms with van der Waals surface area (Å²) in [5, 5.41) is 9.73. The summed E-state index contributed by atoms with van der Waals surface area (Å²) in [6.45, 7) is 7.08. The SMILES string of the molecule is CCS(=O)(=O)[C@@H](I)[C@H](O)C(C)(C)C. The van der Waals surface area contributed by atoms with E-state index in [1.54, 1.807) is 29.5 Å². The van der Waals surface area contributed by atoms with E-state index >= 15 is 0 Å². The molecule has 0 heterocycles. The zero-order chi connectivity index (χ0) is 10.9. The molecule has 0 aliphatic rings. The van der Waals surface area contributed by atoms with Crippen LogP contribution in [0.25, 0.3) is 0 Å². The van der Waals surface area contributed by atoms with E-state index in [0.29, 0.717) is 0 Å². The Morgan fingerprint density at radius 1 is 1.38 bits per heavy atom. The summed E-state index contributed by atoms with van der Waals surface area (Å²) in [7, 11) is -3.14. The molecule has 1 N–H and O–H groups in total. The van der Waals surface area contributed by atoms with Gasteiger partial charge in [0.15, 0.2) is 9.84 Å². The van der Waals surface area contributed by atoms with Gasteiger partial charge in [0.05, 0.1) is 6.10 Å². The lowest BCUT2D eigenvalue weighted by Gasteiger charge is -2.29. The average molecular weight is 320 g/mol. The summed E-state index contributed by atoms with van der Waals surface area (Å²) < 4.78 is 22.1. The van der Waals surface area contributed by atoms with Gasteiger partial charge in [-0.1, -0.05) is 50.3 Å². The third kappa shape index (κ3) is 3.71. The van der Waals surface area contributed by atoms with Gasteiger partial charge in [-0.2, -0.15) is 0 Å². The maximum atomic E-state index is 11.4. The smallest absolute Gasteiger partial charge is 0.164 e. The number of alkyl halides is 1. The maximum absolute atomic E-state index is 11.4. The molecule has 0 radical (unpaired) electrons. The first-order valence-electron chi connectivity index (χ1n) is 4.16. The van der Waals surface area contributed by atoms with Crippen molar-refractivity contribution in [3.8, 4) is 0 Å². The summed E-state index contributed by atoms with van der Waals surface area (Å²) in [6, 6.07) is 0. The minimum absolute atomic E-state index is 0.0771. The van der Waals surface area contributed by atoms with Gasteiger partial charge in [-0.25, -0.2) is 8.42 Å². The molecule has 5 heteroatoms. The molecule has 0 bridgehead atoms. The molecular formula is C8H17IO3S. The molecule has 0 unspecified atom stereocenters. The monoisotopic (exact) mass is 320 g/mol. The molecule has 0 aromatic heterocycles. The predicted molar refractivity (Wildman–Crippen MR) is 62.7 cm³/mol. The van der Waals surface area contributed by atoms with Crippen molar-refractivity contribution in [1.29, 1.82) is 0 Å². The zero-order valence-corrected chi connectivity index (χ0v) is 11.4. The van der Waals surface area contributed by atoms with Gasteiger partial charge >= 0.3 is 0 Å². The minimum atomic E-state index is -3.14. The van der Waals surface area contributed by atoms with Crippen molar-refractivity contribution >= 4 is 32.4 Å². The van der Waals surface area contributed by atoms with E-state index in [4.69, 9.17) is 0 Å². The van der Waals surface area contributed by atoms with Crippen LogP contribution in [0.5, 0.6) is 0 Å². The van der Waals surface area contributed by atoms with E-state index in [0.717, 1.165) is 0 Å². The van der Waals surface area contributed by atoms with Crippen LogP contribution in [0.4, 0.5) is 0 Å². The van der Waals surface area contributed by atoms with E-state index in [-0.39, 0.29) is 5.75 Å². The van der Waals surface area contributed by atoms with Crippen LogP contribution in [0.1, 0.15) is 27.7 Å². The first kappa shape index (κ1) is 13.6. The number of aliphatic hydroxyl groups excluding tert-OH is 1. The summed E-state index contributed by atoms with van der Waals surface area (Å²) in [6.07, 6.45) is -0.821. The lowest BCUT2D eigenvalue weighted by Crippen LogP contribution is -2.39. The van der Waals surface area contributed by atoms with Gasteiger partial charge in [-0.15, -0.1) is 0 Å². The highest BCUT2D eigenvalue weighted by molar-refractivity contribution is 14.1. The Morgan fingerprint density at radius 2 is 1.77 bits per heavy atom. The Kier molecular flexibility index (Phi) is 4.66. The summed E-state index contributed by atoms with van der Waals surface area (Å²) in [4.78, 5) is 0. The van der Waals surface area contributed by atoms with Crippen LogP contribution in [0.15, 0.2) is 0 Å². The predicted octanol–water partition coefficient (Wildman–Crippen LogP) is 1.59. The van der Waals surface area contributed by atoms with Crippen molar-refractivity contribution < 1.29 is 13.5 Å². The van der Waals surface area contributed by atoms with Crippen molar-refractivity contribution in [2.24, 2.45) is 5.41 Å². The van der Waals surface area contributed by atoms with E-state index in [1.165, 1.54) is 0 Å². The van der Waals surface area contributed by atoms with Crippen molar-refractivity contribution in [2.75, 3.05) is 5.75 Å². The maximum Gasteiger partial charge on any atom is 0.164 e. The van der Waals surface area contributed by atoms with Crippen LogP contribution < -0.4 is 0 Å².